The van der Waals surface area contributed by atoms with E-state index in [1.165, 1.54) is 0 Å². The Morgan fingerprint density at radius 1 is 1.50 bits per heavy atom. The fraction of sp³-hybridized carbons (Fsp3) is 0.400. The molecule has 0 aliphatic carbocycles. The van der Waals surface area contributed by atoms with Crippen LogP contribution in [-0.4, -0.2) is 16.8 Å². The summed E-state index contributed by atoms with van der Waals surface area (Å²) in [6.45, 7) is 1.94. The second-order valence-corrected chi connectivity index (χ2v) is 4.04. The highest BCUT2D eigenvalue weighted by atomic mass is 79.9. The molecule has 0 radical (unpaired) electrons. The number of aliphatic hydroxyl groups is 1. The lowest BCUT2D eigenvalue weighted by Crippen LogP contribution is -2.13. The zero-order chi connectivity index (χ0) is 10.7. The minimum absolute atomic E-state index is 0.0149. The van der Waals surface area contributed by atoms with Crippen LogP contribution in [-0.2, 0) is 0 Å². The van der Waals surface area contributed by atoms with Crippen molar-refractivity contribution in [2.45, 2.75) is 19.4 Å². The molecular weight excluding hydrogens is 246 g/mol. The third-order valence-electron chi connectivity index (χ3n) is 2.16. The Balaban J connectivity index is 3.11. The van der Waals surface area contributed by atoms with Crippen LogP contribution < -0.4 is 5.73 Å². The molecule has 0 amide bonds. The molecule has 78 valence electrons. The van der Waals surface area contributed by atoms with Crippen molar-refractivity contribution in [3.8, 4) is 5.75 Å². The van der Waals surface area contributed by atoms with E-state index in [1.54, 1.807) is 6.07 Å². The lowest BCUT2D eigenvalue weighted by molar-refractivity contribution is 0.275. The normalized spacial score (nSPS) is 12.9. The van der Waals surface area contributed by atoms with Crippen molar-refractivity contribution in [2.24, 2.45) is 5.73 Å². The van der Waals surface area contributed by atoms with E-state index in [4.69, 9.17) is 10.8 Å². The Morgan fingerprint density at radius 3 is 2.71 bits per heavy atom. The molecule has 3 nitrogen and oxygen atoms in total. The molecule has 0 aliphatic heterocycles. The molecule has 14 heavy (non-hydrogen) atoms. The number of hydrogen-bond acceptors (Lipinski definition) is 3. The molecule has 1 unspecified atom stereocenters. The number of hydrogen-bond donors (Lipinski definition) is 3. The molecule has 0 saturated heterocycles. The molecule has 0 spiro atoms. The van der Waals surface area contributed by atoms with Gasteiger partial charge in [0.2, 0.25) is 0 Å². The van der Waals surface area contributed by atoms with E-state index in [2.05, 4.69) is 15.9 Å². The Hall–Kier alpha value is -0.580. The van der Waals surface area contributed by atoms with E-state index in [9.17, 15) is 5.11 Å². The maximum atomic E-state index is 9.62. The van der Waals surface area contributed by atoms with E-state index >= 15 is 0 Å². The molecule has 1 rings (SSSR count). The highest BCUT2D eigenvalue weighted by Gasteiger charge is 2.15. The van der Waals surface area contributed by atoms with Crippen molar-refractivity contribution in [3.63, 3.8) is 0 Å². The number of phenols is 1. The van der Waals surface area contributed by atoms with Gasteiger partial charge in [0, 0.05) is 22.7 Å². The number of benzene rings is 1. The van der Waals surface area contributed by atoms with Crippen molar-refractivity contribution in [1.82, 2.24) is 0 Å². The molecule has 0 saturated carbocycles. The van der Waals surface area contributed by atoms with Crippen LogP contribution >= 0.6 is 15.9 Å². The SMILES string of the molecule is Cc1ccc(O)c(C(N)CCO)c1Br. The maximum Gasteiger partial charge on any atom is 0.121 e. The molecule has 0 aliphatic rings. The highest BCUT2D eigenvalue weighted by molar-refractivity contribution is 9.10. The predicted molar refractivity (Wildman–Crippen MR) is 59.2 cm³/mol. The van der Waals surface area contributed by atoms with Gasteiger partial charge in [-0.1, -0.05) is 22.0 Å². The van der Waals surface area contributed by atoms with Gasteiger partial charge < -0.3 is 15.9 Å². The average Bonchev–Trinajstić information content (AvgIpc) is 2.13. The van der Waals surface area contributed by atoms with Crippen LogP contribution in [0.3, 0.4) is 0 Å². The second-order valence-electron chi connectivity index (χ2n) is 3.25. The Bertz CT molecular complexity index is 328. The number of aromatic hydroxyl groups is 1. The summed E-state index contributed by atoms with van der Waals surface area (Å²) in [6, 6.07) is 3.09. The van der Waals surface area contributed by atoms with Gasteiger partial charge in [0.05, 0.1) is 0 Å². The minimum atomic E-state index is -0.339. The van der Waals surface area contributed by atoms with Crippen LogP contribution in [0, 0.1) is 6.92 Å². The monoisotopic (exact) mass is 259 g/mol. The Labute approximate surface area is 91.7 Å². The first-order valence-corrected chi connectivity index (χ1v) is 5.21. The summed E-state index contributed by atoms with van der Waals surface area (Å²) in [5.41, 5.74) is 7.51. The Morgan fingerprint density at radius 2 is 2.14 bits per heavy atom. The number of aliphatic hydroxyl groups excluding tert-OH is 1. The number of halogens is 1. The second kappa shape index (κ2) is 4.77. The zero-order valence-electron chi connectivity index (χ0n) is 8.00. The minimum Gasteiger partial charge on any atom is -0.508 e. The van der Waals surface area contributed by atoms with Crippen LogP contribution in [0.1, 0.15) is 23.6 Å². The van der Waals surface area contributed by atoms with Crippen LogP contribution in [0.15, 0.2) is 16.6 Å². The predicted octanol–water partition coefficient (Wildman–Crippen LogP) is 1.85. The largest absolute Gasteiger partial charge is 0.508 e. The first kappa shape index (κ1) is 11.5. The van der Waals surface area contributed by atoms with E-state index in [0.717, 1.165) is 10.0 Å². The van der Waals surface area contributed by atoms with Gasteiger partial charge in [0.1, 0.15) is 5.75 Å². The first-order valence-electron chi connectivity index (χ1n) is 4.42. The zero-order valence-corrected chi connectivity index (χ0v) is 9.58. The molecule has 4 heteroatoms. The number of nitrogens with two attached hydrogens (primary N) is 1. The van der Waals surface area contributed by atoms with E-state index < -0.39 is 0 Å². The van der Waals surface area contributed by atoms with Gasteiger partial charge in [-0.15, -0.1) is 0 Å². The fourth-order valence-corrected chi connectivity index (χ4v) is 1.96. The smallest absolute Gasteiger partial charge is 0.121 e. The summed E-state index contributed by atoms with van der Waals surface area (Å²) < 4.78 is 0.818. The molecule has 1 aromatic rings. The summed E-state index contributed by atoms with van der Waals surface area (Å²) in [6.07, 6.45) is 0.440. The van der Waals surface area contributed by atoms with Gasteiger partial charge in [-0.2, -0.15) is 0 Å². The maximum absolute atomic E-state index is 9.62. The van der Waals surface area contributed by atoms with Crippen LogP contribution in [0.4, 0.5) is 0 Å². The van der Waals surface area contributed by atoms with Crippen molar-refractivity contribution in [1.29, 1.82) is 0 Å². The highest BCUT2D eigenvalue weighted by Crippen LogP contribution is 2.34. The van der Waals surface area contributed by atoms with Crippen molar-refractivity contribution in [2.75, 3.05) is 6.61 Å². The van der Waals surface area contributed by atoms with Gasteiger partial charge in [-0.25, -0.2) is 0 Å². The summed E-state index contributed by atoms with van der Waals surface area (Å²) in [5.74, 6) is 0.170. The topological polar surface area (TPSA) is 66.5 Å². The molecule has 0 heterocycles. The quantitative estimate of drug-likeness (QED) is 0.776. The van der Waals surface area contributed by atoms with Crippen molar-refractivity contribution >= 4 is 15.9 Å². The Kier molecular flexibility index (Phi) is 3.92. The number of rotatable bonds is 3. The van der Waals surface area contributed by atoms with Gasteiger partial charge in [-0.3, -0.25) is 0 Å². The molecule has 1 aromatic carbocycles. The summed E-state index contributed by atoms with van der Waals surface area (Å²) in [7, 11) is 0. The molecule has 1 atom stereocenters. The summed E-state index contributed by atoms with van der Waals surface area (Å²) >= 11 is 3.38. The lowest BCUT2D eigenvalue weighted by atomic mass is 10.0. The van der Waals surface area contributed by atoms with Crippen LogP contribution in [0.2, 0.25) is 0 Å². The number of phenolic OH excluding ortho intramolecular Hbond substituents is 1. The fourth-order valence-electron chi connectivity index (χ4n) is 1.33. The van der Waals surface area contributed by atoms with E-state index in [1.807, 2.05) is 13.0 Å². The van der Waals surface area contributed by atoms with Gasteiger partial charge in [0.25, 0.3) is 0 Å². The van der Waals surface area contributed by atoms with Gasteiger partial charge in [0.15, 0.2) is 0 Å². The van der Waals surface area contributed by atoms with Gasteiger partial charge in [-0.05, 0) is 25.0 Å². The standard InChI is InChI=1S/C10H14BrNO2/c1-6-2-3-8(14)9(10(6)11)7(12)4-5-13/h2-3,7,13-14H,4-5,12H2,1H3. The number of aryl methyl sites for hydroxylation is 1. The molecule has 0 fully saturated rings. The van der Waals surface area contributed by atoms with Gasteiger partial charge >= 0.3 is 0 Å². The first-order chi connectivity index (χ1) is 6.57. The lowest BCUT2D eigenvalue weighted by Gasteiger charge is -2.15. The molecule has 0 bridgehead atoms. The van der Waals surface area contributed by atoms with E-state index in [-0.39, 0.29) is 18.4 Å². The summed E-state index contributed by atoms with van der Waals surface area (Å²) in [4.78, 5) is 0. The van der Waals surface area contributed by atoms with Crippen molar-refractivity contribution < 1.29 is 10.2 Å². The van der Waals surface area contributed by atoms with Crippen LogP contribution in [0.25, 0.3) is 0 Å². The van der Waals surface area contributed by atoms with Crippen molar-refractivity contribution in [3.05, 3.63) is 27.7 Å². The van der Waals surface area contributed by atoms with E-state index in [0.29, 0.717) is 12.0 Å². The third kappa shape index (κ3) is 2.26. The summed E-state index contributed by atoms with van der Waals surface area (Å²) in [5, 5.41) is 18.4. The molecule has 4 N–H and O–H groups in total. The molecule has 0 aromatic heterocycles. The van der Waals surface area contributed by atoms with Crippen LogP contribution in [0.5, 0.6) is 5.75 Å². The molecular formula is C10H14BrNO2. The average molecular weight is 260 g/mol. The third-order valence-corrected chi connectivity index (χ3v) is 3.21.